The molecule has 0 aliphatic rings. The molecule has 0 amide bonds. The first-order valence-corrected chi connectivity index (χ1v) is 10.9. The van der Waals surface area contributed by atoms with Crippen molar-refractivity contribution in [2.24, 2.45) is 0 Å². The van der Waals surface area contributed by atoms with Crippen LogP contribution in [0.5, 0.6) is 0 Å². The molecule has 3 rings (SSSR count). The molecule has 150 valence electrons. The zero-order chi connectivity index (χ0) is 21.0. The van der Waals surface area contributed by atoms with Gasteiger partial charge in [0.05, 0.1) is 16.0 Å². The zero-order valence-electron chi connectivity index (χ0n) is 16.8. The Morgan fingerprint density at radius 1 is 1.00 bits per heavy atom. The van der Waals surface area contributed by atoms with Crippen molar-refractivity contribution in [2.75, 3.05) is 18.4 Å². The summed E-state index contributed by atoms with van der Waals surface area (Å²) in [5.74, 6) is 0.522. The van der Waals surface area contributed by atoms with E-state index in [9.17, 15) is 13.7 Å². The smallest absolute Gasteiger partial charge is 0.240 e. The highest BCUT2D eigenvalue weighted by Gasteiger charge is 2.13. The maximum Gasteiger partial charge on any atom is 0.240 e. The van der Waals surface area contributed by atoms with E-state index in [0.717, 1.165) is 27.6 Å². The molecule has 0 saturated carbocycles. The number of benzene rings is 2. The molecule has 29 heavy (non-hydrogen) atoms. The largest absolute Gasteiger partial charge is 0.369 e. The van der Waals surface area contributed by atoms with Gasteiger partial charge in [-0.1, -0.05) is 29.3 Å². The maximum atomic E-state index is 12.3. The fraction of sp³-hybridized carbons (Fsp3) is 0.273. The Morgan fingerprint density at radius 2 is 1.72 bits per heavy atom. The van der Waals surface area contributed by atoms with Crippen molar-refractivity contribution in [1.82, 2.24) is 9.71 Å². The lowest BCUT2D eigenvalue weighted by atomic mass is 10.1. The number of nitrogens with one attached hydrogen (secondary N) is 2. The molecule has 0 bridgehead atoms. The maximum absolute atomic E-state index is 12.3. The molecule has 0 unspecified atom stereocenters. The van der Waals surface area contributed by atoms with Crippen LogP contribution in [0.3, 0.4) is 0 Å². The van der Waals surface area contributed by atoms with E-state index >= 15 is 0 Å². The lowest BCUT2D eigenvalue weighted by Crippen LogP contribution is -2.26. The van der Waals surface area contributed by atoms with Gasteiger partial charge in [-0.15, -0.1) is 0 Å². The third-order valence-corrected chi connectivity index (χ3v) is 6.12. The van der Waals surface area contributed by atoms with Crippen molar-refractivity contribution in [1.29, 1.82) is 5.26 Å². The molecule has 0 saturated heterocycles. The molecule has 0 aliphatic carbocycles. The van der Waals surface area contributed by atoms with E-state index in [1.807, 2.05) is 32.9 Å². The second kappa shape index (κ2) is 8.60. The Hall–Kier alpha value is -2.95. The van der Waals surface area contributed by atoms with Crippen LogP contribution in [-0.2, 0) is 10.0 Å². The molecule has 0 fully saturated rings. The Balaban J connectivity index is 1.62. The first kappa shape index (κ1) is 20.8. The minimum absolute atomic E-state index is 0.254. The molecule has 2 aromatic carbocycles. The van der Waals surface area contributed by atoms with Crippen molar-refractivity contribution >= 4 is 26.7 Å². The first-order chi connectivity index (χ1) is 13.8. The molecule has 6 nitrogen and oxygen atoms in total. The van der Waals surface area contributed by atoms with Gasteiger partial charge >= 0.3 is 0 Å². The molecule has 3 aromatic rings. The summed E-state index contributed by atoms with van der Waals surface area (Å²) in [5, 5.41) is 13.6. The fourth-order valence-corrected chi connectivity index (χ4v) is 4.25. The average molecular weight is 409 g/mol. The van der Waals surface area contributed by atoms with Crippen LogP contribution in [0.4, 0.5) is 5.82 Å². The Bertz CT molecular complexity index is 1180. The number of aromatic nitrogens is 1. The van der Waals surface area contributed by atoms with Gasteiger partial charge in [-0.25, -0.2) is 18.1 Å². The van der Waals surface area contributed by atoms with Gasteiger partial charge in [-0.2, -0.15) is 5.26 Å². The number of aryl methyl sites for hydroxylation is 3. The molecule has 7 heteroatoms. The number of pyridine rings is 1. The second-order valence-corrected chi connectivity index (χ2v) is 8.91. The molecular formula is C22H24N4O2S. The molecular weight excluding hydrogens is 384 g/mol. The standard InChI is InChI=1S/C22H24N4O2S/c1-15-5-7-20(8-6-15)29(27,28)25-10-4-9-24-22-19(14-23)13-18-12-16(2)11-17(3)21(18)26-22/h5-8,11-13,25H,4,9-10H2,1-3H3,(H,24,26). The van der Waals surface area contributed by atoms with Crippen LogP contribution in [0.1, 0.15) is 28.7 Å². The zero-order valence-corrected chi connectivity index (χ0v) is 17.6. The summed E-state index contributed by atoms with van der Waals surface area (Å²) in [6, 6.07) is 14.8. The van der Waals surface area contributed by atoms with Crippen molar-refractivity contribution < 1.29 is 8.42 Å². The lowest BCUT2D eigenvalue weighted by Gasteiger charge is -2.11. The van der Waals surface area contributed by atoms with Crippen molar-refractivity contribution in [2.45, 2.75) is 32.1 Å². The molecule has 1 aromatic heterocycles. The summed E-state index contributed by atoms with van der Waals surface area (Å²) < 4.78 is 27.2. The third kappa shape index (κ3) is 4.91. The number of sulfonamides is 1. The number of fused-ring (bicyclic) bond motifs is 1. The topological polar surface area (TPSA) is 94.9 Å². The van der Waals surface area contributed by atoms with E-state index in [4.69, 9.17) is 0 Å². The third-order valence-electron chi connectivity index (χ3n) is 4.64. The summed E-state index contributed by atoms with van der Waals surface area (Å²) in [6.07, 6.45) is 0.558. The molecule has 1 heterocycles. The van der Waals surface area contributed by atoms with Gasteiger partial charge in [0.2, 0.25) is 10.0 Å². The highest BCUT2D eigenvalue weighted by molar-refractivity contribution is 7.89. The highest BCUT2D eigenvalue weighted by Crippen LogP contribution is 2.24. The van der Waals surface area contributed by atoms with Crippen LogP contribution in [-0.4, -0.2) is 26.5 Å². The van der Waals surface area contributed by atoms with Gasteiger partial charge in [0.1, 0.15) is 11.9 Å². The van der Waals surface area contributed by atoms with Gasteiger partial charge in [-0.3, -0.25) is 0 Å². The molecule has 0 spiro atoms. The molecule has 0 aliphatic heterocycles. The van der Waals surface area contributed by atoms with Crippen LogP contribution in [0, 0.1) is 32.1 Å². The SMILES string of the molecule is Cc1ccc(S(=O)(=O)NCCCNc2nc3c(C)cc(C)cc3cc2C#N)cc1. The molecule has 0 atom stereocenters. The summed E-state index contributed by atoms with van der Waals surface area (Å²) >= 11 is 0. The minimum atomic E-state index is -3.52. The normalized spacial score (nSPS) is 11.4. The predicted octanol–water partition coefficient (Wildman–Crippen LogP) is 3.81. The Labute approximate surface area is 171 Å². The van der Waals surface area contributed by atoms with E-state index < -0.39 is 10.0 Å². The summed E-state index contributed by atoms with van der Waals surface area (Å²) in [5.41, 5.74) is 4.52. The van der Waals surface area contributed by atoms with E-state index in [0.29, 0.717) is 24.3 Å². The lowest BCUT2D eigenvalue weighted by molar-refractivity contribution is 0.580. The quantitative estimate of drug-likeness (QED) is 0.580. The highest BCUT2D eigenvalue weighted by atomic mass is 32.2. The monoisotopic (exact) mass is 408 g/mol. The molecule has 0 radical (unpaired) electrons. The summed E-state index contributed by atoms with van der Waals surface area (Å²) in [7, 11) is -3.52. The van der Waals surface area contributed by atoms with Crippen molar-refractivity contribution in [3.05, 3.63) is 64.7 Å². The number of hydrogen-bond acceptors (Lipinski definition) is 5. The number of hydrogen-bond donors (Lipinski definition) is 2. The van der Waals surface area contributed by atoms with Crippen LogP contribution >= 0.6 is 0 Å². The van der Waals surface area contributed by atoms with Crippen molar-refractivity contribution in [3.8, 4) is 6.07 Å². The number of nitriles is 1. The van der Waals surface area contributed by atoms with Crippen LogP contribution < -0.4 is 10.0 Å². The predicted molar refractivity (Wildman–Crippen MR) is 115 cm³/mol. The average Bonchev–Trinajstić information content (AvgIpc) is 2.67. The summed E-state index contributed by atoms with van der Waals surface area (Å²) in [6.45, 7) is 6.71. The van der Waals surface area contributed by atoms with Crippen molar-refractivity contribution in [3.63, 3.8) is 0 Å². The van der Waals surface area contributed by atoms with Gasteiger partial charge in [0.25, 0.3) is 0 Å². The fourth-order valence-electron chi connectivity index (χ4n) is 3.17. The van der Waals surface area contributed by atoms with Gasteiger partial charge in [0, 0.05) is 18.5 Å². The van der Waals surface area contributed by atoms with Crippen LogP contribution in [0.2, 0.25) is 0 Å². The van der Waals surface area contributed by atoms with E-state index in [2.05, 4.69) is 27.2 Å². The minimum Gasteiger partial charge on any atom is -0.369 e. The van der Waals surface area contributed by atoms with Gasteiger partial charge in [-0.05, 0) is 57.0 Å². The number of anilines is 1. The first-order valence-electron chi connectivity index (χ1n) is 9.42. The van der Waals surface area contributed by atoms with E-state index in [-0.39, 0.29) is 11.4 Å². The van der Waals surface area contributed by atoms with Gasteiger partial charge in [0.15, 0.2) is 0 Å². The number of nitrogens with zero attached hydrogens (tertiary/aromatic N) is 2. The second-order valence-electron chi connectivity index (χ2n) is 7.14. The number of rotatable bonds is 7. The molecule has 2 N–H and O–H groups in total. The van der Waals surface area contributed by atoms with Crippen LogP contribution in [0.25, 0.3) is 10.9 Å². The van der Waals surface area contributed by atoms with E-state index in [1.165, 1.54) is 0 Å². The van der Waals surface area contributed by atoms with Gasteiger partial charge < -0.3 is 5.32 Å². The van der Waals surface area contributed by atoms with Crippen LogP contribution in [0.15, 0.2) is 47.4 Å². The Kier molecular flexibility index (Phi) is 6.16. The summed E-state index contributed by atoms with van der Waals surface area (Å²) in [4.78, 5) is 4.87. The Morgan fingerprint density at radius 3 is 2.41 bits per heavy atom. The van der Waals surface area contributed by atoms with E-state index in [1.54, 1.807) is 24.3 Å².